The first-order valence-corrected chi connectivity index (χ1v) is 3.72. The minimum atomic E-state index is -1.10. The van der Waals surface area contributed by atoms with Gasteiger partial charge in [-0.25, -0.2) is 0 Å². The Morgan fingerprint density at radius 2 is 1.75 bits per heavy atom. The minimum absolute atomic E-state index is 0.634. The zero-order valence-corrected chi connectivity index (χ0v) is 7.29. The van der Waals surface area contributed by atoms with Crippen molar-refractivity contribution < 1.29 is 19.8 Å². The van der Waals surface area contributed by atoms with Crippen molar-refractivity contribution in [3.63, 3.8) is 0 Å². The van der Waals surface area contributed by atoms with Crippen molar-refractivity contribution in [2.75, 3.05) is 0 Å². The normalized spacial score (nSPS) is 37.5. The Kier molecular flexibility index (Phi) is 1.82. The van der Waals surface area contributed by atoms with Crippen molar-refractivity contribution in [2.24, 2.45) is 11.3 Å². The molecule has 0 saturated heterocycles. The van der Waals surface area contributed by atoms with Gasteiger partial charge in [0.1, 0.15) is 0 Å². The molecule has 1 fully saturated rings. The maximum absolute atomic E-state index is 10.8. The summed E-state index contributed by atoms with van der Waals surface area (Å²) >= 11 is 1.48. The predicted octanol–water partition coefficient (Wildman–Crippen LogP) is 0.139. The van der Waals surface area contributed by atoms with Crippen LogP contribution in [0.5, 0.6) is 0 Å². The summed E-state index contributed by atoms with van der Waals surface area (Å²) in [5.74, 6) is -2.81. The molecule has 0 aromatic rings. The molecule has 1 rings (SSSR count). The second-order valence-corrected chi connectivity index (χ2v) is 4.00. The summed E-state index contributed by atoms with van der Waals surface area (Å²) < 4.78 is -1.10. The van der Waals surface area contributed by atoms with Crippen LogP contribution < -0.4 is 0 Å². The molecule has 0 aromatic carbocycles. The number of aliphatic carboxylic acids is 2. The number of carboxylic acids is 2. The summed E-state index contributed by atoms with van der Waals surface area (Å²) in [7, 11) is 0. The van der Waals surface area contributed by atoms with Gasteiger partial charge in [-0.3, -0.25) is 0 Å². The Hall–Kier alpha value is -0.463. The van der Waals surface area contributed by atoms with Crippen molar-refractivity contribution in [2.45, 2.75) is 17.9 Å². The number of carbonyl (C=O) groups is 2. The Balaban J connectivity index is 2.99. The molecule has 2 atom stereocenters. The van der Waals surface area contributed by atoms with Crippen LogP contribution in [0.15, 0.2) is 0 Å². The van der Waals surface area contributed by atoms with E-state index in [1.807, 2.05) is 0 Å². The molecule has 0 radical (unpaired) electrons. The van der Waals surface area contributed by atoms with E-state index in [0.29, 0.717) is 0 Å². The third-order valence-electron chi connectivity index (χ3n) is 3.25. The third kappa shape index (κ3) is 0.854. The fraction of sp³-hybridized carbons (Fsp3) is 0.714. The summed E-state index contributed by atoms with van der Waals surface area (Å²) in [4.78, 5) is 21.4. The predicted molar refractivity (Wildman–Crippen MR) is 41.0 cm³/mol. The first-order chi connectivity index (χ1) is 5.26. The van der Waals surface area contributed by atoms with Gasteiger partial charge in [-0.1, -0.05) is 0 Å². The molecule has 12 heavy (non-hydrogen) atoms. The molecule has 1 saturated carbocycles. The van der Waals surface area contributed by atoms with Gasteiger partial charge in [-0.2, -0.15) is 0 Å². The molecule has 2 unspecified atom stereocenters. The van der Waals surface area contributed by atoms with Crippen LogP contribution in [0.2, 0.25) is 4.09 Å². The fourth-order valence-electron chi connectivity index (χ4n) is 1.93. The van der Waals surface area contributed by atoms with Crippen LogP contribution in [-0.4, -0.2) is 39.9 Å². The molecule has 5 heteroatoms. The molecular formula is C7H9LiO4. The summed E-state index contributed by atoms with van der Waals surface area (Å²) in [5, 5.41) is 17.5. The van der Waals surface area contributed by atoms with Crippen molar-refractivity contribution in [1.29, 1.82) is 0 Å². The van der Waals surface area contributed by atoms with Gasteiger partial charge >= 0.3 is 78.7 Å². The van der Waals surface area contributed by atoms with E-state index in [4.69, 9.17) is 10.2 Å². The zero-order valence-electron chi connectivity index (χ0n) is 7.29. The Morgan fingerprint density at radius 3 is 1.83 bits per heavy atom. The first kappa shape index (κ1) is 9.62. The van der Waals surface area contributed by atoms with E-state index in [9.17, 15) is 9.59 Å². The van der Waals surface area contributed by atoms with E-state index < -0.39 is 27.4 Å². The van der Waals surface area contributed by atoms with E-state index >= 15 is 0 Å². The van der Waals surface area contributed by atoms with E-state index in [2.05, 4.69) is 0 Å². The third-order valence-corrected chi connectivity index (χ3v) is 3.25. The molecule has 0 heterocycles. The second kappa shape index (κ2) is 2.27. The SMILES string of the molecule is [Li][C]1(C(=O)O)C(C(=O)O)C1(C)C. The Bertz CT molecular complexity index is 260. The van der Waals surface area contributed by atoms with Gasteiger partial charge in [-0.05, 0) is 0 Å². The van der Waals surface area contributed by atoms with Gasteiger partial charge in [0.05, 0.1) is 0 Å². The van der Waals surface area contributed by atoms with Gasteiger partial charge in [-0.15, -0.1) is 0 Å². The Morgan fingerprint density at radius 1 is 1.33 bits per heavy atom. The summed E-state index contributed by atoms with van der Waals surface area (Å²) in [6.45, 7) is 3.33. The summed E-state index contributed by atoms with van der Waals surface area (Å²) in [5.41, 5.74) is -0.634. The second-order valence-electron chi connectivity index (χ2n) is 4.00. The standard InChI is InChI=1S/C7H9O4.Li/c1-7(2)3(5(8)9)4(7)6(10)11;/h3H,1-2H3,(H,8,9)(H,10,11);. The molecule has 1 aliphatic carbocycles. The topological polar surface area (TPSA) is 74.6 Å². The van der Waals surface area contributed by atoms with E-state index in [0.717, 1.165) is 0 Å². The van der Waals surface area contributed by atoms with Crippen LogP contribution in [0, 0.1) is 11.3 Å². The molecule has 0 aromatic heterocycles. The molecule has 4 nitrogen and oxygen atoms in total. The number of hydrogen-bond donors (Lipinski definition) is 2. The summed E-state index contributed by atoms with van der Waals surface area (Å²) in [6.07, 6.45) is 0. The van der Waals surface area contributed by atoms with Crippen molar-refractivity contribution in [1.82, 2.24) is 0 Å². The van der Waals surface area contributed by atoms with Crippen molar-refractivity contribution in [3.8, 4) is 0 Å². The average molecular weight is 164 g/mol. The molecule has 0 spiro atoms. The molecule has 0 bridgehead atoms. The quantitative estimate of drug-likeness (QED) is 0.569. The summed E-state index contributed by atoms with van der Waals surface area (Å²) in [6, 6.07) is 0. The van der Waals surface area contributed by atoms with Crippen molar-refractivity contribution in [3.05, 3.63) is 0 Å². The molecular weight excluding hydrogens is 155 g/mol. The van der Waals surface area contributed by atoms with Gasteiger partial charge in [0.25, 0.3) is 0 Å². The number of rotatable bonds is 2. The maximum atomic E-state index is 10.8. The van der Waals surface area contributed by atoms with Crippen molar-refractivity contribution >= 4 is 29.7 Å². The molecule has 1 aliphatic rings. The van der Waals surface area contributed by atoms with Crippen LogP contribution in [0.25, 0.3) is 0 Å². The van der Waals surface area contributed by atoms with Gasteiger partial charge < -0.3 is 0 Å². The van der Waals surface area contributed by atoms with E-state index in [-0.39, 0.29) is 0 Å². The molecule has 0 aliphatic heterocycles. The van der Waals surface area contributed by atoms with Gasteiger partial charge in [0.2, 0.25) is 0 Å². The van der Waals surface area contributed by atoms with Crippen LogP contribution in [0.4, 0.5) is 0 Å². The molecule has 2 N–H and O–H groups in total. The van der Waals surface area contributed by atoms with E-state index in [1.165, 1.54) is 17.7 Å². The van der Waals surface area contributed by atoms with Crippen LogP contribution in [0.3, 0.4) is 0 Å². The van der Waals surface area contributed by atoms with Crippen LogP contribution in [0.1, 0.15) is 13.8 Å². The zero-order chi connectivity index (χ0) is 9.73. The number of hydrogen-bond acceptors (Lipinski definition) is 2. The first-order valence-electron chi connectivity index (χ1n) is 3.72. The van der Waals surface area contributed by atoms with Gasteiger partial charge in [0.15, 0.2) is 0 Å². The molecule has 62 valence electrons. The van der Waals surface area contributed by atoms with Gasteiger partial charge in [0, 0.05) is 0 Å². The fourth-order valence-corrected chi connectivity index (χ4v) is 1.93. The van der Waals surface area contributed by atoms with Crippen LogP contribution in [-0.2, 0) is 9.59 Å². The average Bonchev–Trinajstić information content (AvgIpc) is 2.28. The monoisotopic (exact) mass is 164 g/mol. The Labute approximate surface area is 79.2 Å². The molecule has 0 amide bonds. The van der Waals surface area contributed by atoms with E-state index in [1.54, 1.807) is 13.8 Å². The van der Waals surface area contributed by atoms with Crippen LogP contribution >= 0.6 is 0 Å². The number of carboxylic acid groups (broad SMARTS) is 2.